The number of hydrogen-bond acceptors (Lipinski definition) is 3. The number of aliphatic carboxylic acids is 1. The molecule has 1 amide bonds. The largest absolute Gasteiger partial charge is 0.480 e. The summed E-state index contributed by atoms with van der Waals surface area (Å²) in [4.78, 5) is 23.6. The Balaban J connectivity index is 2.33. The molecule has 1 aromatic carbocycles. The normalized spacial score (nSPS) is 12.4. The van der Waals surface area contributed by atoms with E-state index in [1.807, 2.05) is 10.6 Å². The Morgan fingerprint density at radius 1 is 1.42 bits per heavy atom. The number of alkyl carbamates (subject to hydrolysis) is 1. The van der Waals surface area contributed by atoms with Crippen LogP contribution in [0.4, 0.5) is 4.79 Å². The lowest BCUT2D eigenvalue weighted by Gasteiger charge is -2.22. The smallest absolute Gasteiger partial charge is 0.408 e. The van der Waals surface area contributed by atoms with Gasteiger partial charge >= 0.3 is 12.1 Å². The number of carbonyl (C=O) groups is 2. The molecule has 0 aliphatic carbocycles. The lowest BCUT2D eigenvalue weighted by atomic mass is 10.1. The van der Waals surface area contributed by atoms with E-state index in [0.29, 0.717) is 17.1 Å². The molecule has 0 unspecified atom stereocenters. The molecule has 0 aliphatic rings. The molecule has 0 saturated carbocycles. The summed E-state index contributed by atoms with van der Waals surface area (Å²) in [7, 11) is 0. The number of ether oxygens (including phenoxy) is 1. The van der Waals surface area contributed by atoms with E-state index < -0.39 is 23.7 Å². The summed E-state index contributed by atoms with van der Waals surface area (Å²) in [6, 6.07) is 4.23. The van der Waals surface area contributed by atoms with Crippen molar-refractivity contribution in [2.75, 3.05) is 0 Å². The number of terminal acetylenes is 1. The van der Waals surface area contributed by atoms with Gasteiger partial charge in [-0.2, -0.15) is 0 Å². The van der Waals surface area contributed by atoms with E-state index in [2.05, 4.69) is 11.2 Å². The fourth-order valence-corrected chi connectivity index (χ4v) is 2.94. The molecule has 0 spiro atoms. The van der Waals surface area contributed by atoms with Crippen molar-refractivity contribution in [3.63, 3.8) is 0 Å². The number of aromatic nitrogens is 1. The maximum atomic E-state index is 11.9. The predicted molar refractivity (Wildman–Crippen MR) is 100 cm³/mol. The minimum atomic E-state index is -1.17. The maximum absolute atomic E-state index is 11.9. The highest BCUT2D eigenvalue weighted by Crippen LogP contribution is 2.29. The molecule has 0 aliphatic heterocycles. The Morgan fingerprint density at radius 3 is 2.69 bits per heavy atom. The molecule has 2 N–H and O–H groups in total. The number of amides is 1. The van der Waals surface area contributed by atoms with Gasteiger partial charge in [-0.3, -0.25) is 0 Å². The Bertz CT molecular complexity index is 874. The van der Waals surface area contributed by atoms with Gasteiger partial charge in [0.05, 0.1) is 17.1 Å². The summed E-state index contributed by atoms with van der Waals surface area (Å²) in [6.07, 6.45) is 6.43. The van der Waals surface area contributed by atoms with E-state index >= 15 is 0 Å². The lowest BCUT2D eigenvalue weighted by Crippen LogP contribution is -2.44. The van der Waals surface area contributed by atoms with Crippen LogP contribution in [0.5, 0.6) is 0 Å². The topological polar surface area (TPSA) is 80.6 Å². The summed E-state index contributed by atoms with van der Waals surface area (Å²) in [5.74, 6) is 1.39. The average Bonchev–Trinajstić information content (AvgIpc) is 2.84. The van der Waals surface area contributed by atoms with Crippen LogP contribution in [0.3, 0.4) is 0 Å². The van der Waals surface area contributed by atoms with Crippen molar-refractivity contribution < 1.29 is 19.4 Å². The molecule has 0 fully saturated rings. The van der Waals surface area contributed by atoms with Crippen molar-refractivity contribution in [2.45, 2.75) is 45.4 Å². The number of hydrogen-bond donors (Lipinski definition) is 2. The Hall–Kier alpha value is -2.65. The molecule has 6 nitrogen and oxygen atoms in total. The van der Waals surface area contributed by atoms with E-state index in [-0.39, 0.29) is 6.42 Å². The van der Waals surface area contributed by atoms with Gasteiger partial charge in [-0.05, 0) is 38.5 Å². The fourth-order valence-electron chi connectivity index (χ4n) is 2.65. The first kappa shape index (κ1) is 19.7. The highest BCUT2D eigenvalue weighted by atomic mass is 35.5. The zero-order chi connectivity index (χ0) is 19.5. The molecule has 0 saturated heterocycles. The maximum Gasteiger partial charge on any atom is 0.408 e. The van der Waals surface area contributed by atoms with Gasteiger partial charge in [0.1, 0.15) is 11.6 Å². The molecule has 2 aromatic rings. The number of carboxylic acids is 1. The molecule has 1 aromatic heterocycles. The Kier molecular flexibility index (Phi) is 5.83. The van der Waals surface area contributed by atoms with E-state index in [9.17, 15) is 14.7 Å². The summed E-state index contributed by atoms with van der Waals surface area (Å²) >= 11 is 6.31. The predicted octanol–water partition coefficient (Wildman–Crippen LogP) is 3.45. The molecule has 0 bridgehead atoms. The monoisotopic (exact) mass is 376 g/mol. The Labute approximate surface area is 157 Å². The summed E-state index contributed by atoms with van der Waals surface area (Å²) in [5, 5.41) is 13.1. The van der Waals surface area contributed by atoms with E-state index in [0.717, 1.165) is 10.9 Å². The first-order chi connectivity index (χ1) is 12.1. The third kappa shape index (κ3) is 4.70. The van der Waals surface area contributed by atoms with Crippen molar-refractivity contribution in [3.05, 3.63) is 35.0 Å². The second-order valence-electron chi connectivity index (χ2n) is 6.86. The molecule has 0 radical (unpaired) electrons. The minimum absolute atomic E-state index is 0.0480. The number of carboxylic acid groups (broad SMARTS) is 1. The van der Waals surface area contributed by atoms with Crippen molar-refractivity contribution in [2.24, 2.45) is 0 Å². The standard InChI is InChI=1S/C19H21ClN2O4/c1-5-9-22-11-12(16-13(20)7-6-8-15(16)22)10-14(17(23)24)21-18(25)26-19(2,3)4/h1,6-8,11,14H,9-10H2,2-4H3,(H,21,25)(H,23,24)/t14-/m0/s1. The zero-order valence-corrected chi connectivity index (χ0v) is 15.6. The number of nitrogens with one attached hydrogen (secondary N) is 1. The fraction of sp³-hybridized carbons (Fsp3) is 0.368. The zero-order valence-electron chi connectivity index (χ0n) is 14.9. The van der Waals surface area contributed by atoms with Gasteiger partial charge in [-0.15, -0.1) is 6.42 Å². The molecule has 138 valence electrons. The summed E-state index contributed by atoms with van der Waals surface area (Å²) in [5.41, 5.74) is 0.773. The Morgan fingerprint density at radius 2 is 2.12 bits per heavy atom. The van der Waals surface area contributed by atoms with Crippen LogP contribution in [0.25, 0.3) is 10.9 Å². The quantitative estimate of drug-likeness (QED) is 0.783. The van der Waals surface area contributed by atoms with Crippen LogP contribution >= 0.6 is 11.6 Å². The number of nitrogens with zero attached hydrogens (tertiary/aromatic N) is 1. The molecule has 2 rings (SSSR count). The van der Waals surface area contributed by atoms with Crippen LogP contribution in [0.15, 0.2) is 24.4 Å². The minimum Gasteiger partial charge on any atom is -0.480 e. The van der Waals surface area contributed by atoms with Crippen molar-refractivity contribution in [1.29, 1.82) is 0 Å². The van der Waals surface area contributed by atoms with Gasteiger partial charge in [0.25, 0.3) is 0 Å². The van der Waals surface area contributed by atoms with Crippen molar-refractivity contribution in [3.8, 4) is 12.3 Å². The second-order valence-corrected chi connectivity index (χ2v) is 7.27. The summed E-state index contributed by atoms with van der Waals surface area (Å²) < 4.78 is 6.96. The highest BCUT2D eigenvalue weighted by Gasteiger charge is 2.26. The molecule has 7 heteroatoms. The molecule has 1 heterocycles. The van der Waals surface area contributed by atoms with Gasteiger partial charge in [0.15, 0.2) is 0 Å². The summed E-state index contributed by atoms with van der Waals surface area (Å²) in [6.45, 7) is 5.44. The number of rotatable bonds is 5. The van der Waals surface area contributed by atoms with Gasteiger partial charge in [-0.25, -0.2) is 9.59 Å². The van der Waals surface area contributed by atoms with E-state index in [4.69, 9.17) is 22.8 Å². The van der Waals surface area contributed by atoms with Crippen LogP contribution in [-0.2, 0) is 22.5 Å². The molecule has 26 heavy (non-hydrogen) atoms. The number of fused-ring (bicyclic) bond motifs is 1. The van der Waals surface area contributed by atoms with E-state index in [1.165, 1.54) is 0 Å². The van der Waals surface area contributed by atoms with Crippen molar-refractivity contribution in [1.82, 2.24) is 9.88 Å². The number of benzene rings is 1. The number of halogens is 1. The van der Waals surface area contributed by atoms with Gasteiger partial charge < -0.3 is 19.7 Å². The van der Waals surface area contributed by atoms with Gasteiger partial charge in [0.2, 0.25) is 0 Å². The molecular weight excluding hydrogens is 356 g/mol. The molecular formula is C19H21ClN2O4. The third-order valence-electron chi connectivity index (χ3n) is 3.61. The van der Waals surface area contributed by atoms with Gasteiger partial charge in [0, 0.05) is 18.0 Å². The second kappa shape index (κ2) is 7.71. The highest BCUT2D eigenvalue weighted by molar-refractivity contribution is 6.35. The number of carbonyl (C=O) groups excluding carboxylic acids is 1. The first-order valence-electron chi connectivity index (χ1n) is 8.04. The third-order valence-corrected chi connectivity index (χ3v) is 3.92. The van der Waals surface area contributed by atoms with Crippen LogP contribution in [-0.4, -0.2) is 33.4 Å². The van der Waals surface area contributed by atoms with Crippen LogP contribution in [0.2, 0.25) is 5.02 Å². The average molecular weight is 377 g/mol. The van der Waals surface area contributed by atoms with Crippen LogP contribution in [0, 0.1) is 12.3 Å². The lowest BCUT2D eigenvalue weighted by molar-refractivity contribution is -0.139. The van der Waals surface area contributed by atoms with Crippen LogP contribution in [0.1, 0.15) is 26.3 Å². The van der Waals surface area contributed by atoms with Gasteiger partial charge in [-0.1, -0.05) is 23.6 Å². The van der Waals surface area contributed by atoms with Crippen LogP contribution < -0.4 is 5.32 Å². The molecule has 1 atom stereocenters. The SMILES string of the molecule is C#CCn1cc(C[C@H](NC(=O)OC(C)(C)C)C(=O)O)c2c(Cl)cccc21. The first-order valence-corrected chi connectivity index (χ1v) is 8.42. The van der Waals surface area contributed by atoms with E-state index in [1.54, 1.807) is 39.1 Å². The van der Waals surface area contributed by atoms with Crippen molar-refractivity contribution >= 4 is 34.6 Å².